The summed E-state index contributed by atoms with van der Waals surface area (Å²) in [5, 5.41) is 11.1. The molecule has 1 aromatic rings. The average Bonchev–Trinajstić information content (AvgIpc) is 2.39. The molecular weight excluding hydrogens is 259 g/mol. The summed E-state index contributed by atoms with van der Waals surface area (Å²) in [4.78, 5) is 11.5. The van der Waals surface area contributed by atoms with E-state index in [1.54, 1.807) is 0 Å². The van der Waals surface area contributed by atoms with E-state index in [0.29, 0.717) is 19.4 Å². The van der Waals surface area contributed by atoms with Crippen molar-refractivity contribution in [3.05, 3.63) is 35.1 Å². The van der Waals surface area contributed by atoms with Gasteiger partial charge in [0, 0.05) is 18.7 Å². The van der Waals surface area contributed by atoms with E-state index in [9.17, 15) is 18.0 Å². The van der Waals surface area contributed by atoms with Crippen LogP contribution in [0, 0.1) is 17.5 Å². The SMILES string of the molecule is O=C(Cc1ccc(F)c(F)c1F)NCCCCCO. The molecule has 1 amide bonds. The van der Waals surface area contributed by atoms with Gasteiger partial charge in [-0.3, -0.25) is 4.79 Å². The van der Waals surface area contributed by atoms with Gasteiger partial charge >= 0.3 is 0 Å². The Hall–Kier alpha value is -1.56. The number of unbranched alkanes of at least 4 members (excludes halogenated alkanes) is 2. The number of amides is 1. The zero-order chi connectivity index (χ0) is 14.3. The summed E-state index contributed by atoms with van der Waals surface area (Å²) in [7, 11) is 0. The van der Waals surface area contributed by atoms with Gasteiger partial charge in [0.2, 0.25) is 5.91 Å². The summed E-state index contributed by atoms with van der Waals surface area (Å²) in [5.74, 6) is -4.61. The van der Waals surface area contributed by atoms with Gasteiger partial charge in [0.05, 0.1) is 6.42 Å². The van der Waals surface area contributed by atoms with Crippen LogP contribution >= 0.6 is 0 Å². The number of carbonyl (C=O) groups is 1. The Kier molecular flexibility index (Phi) is 6.35. The summed E-state index contributed by atoms with van der Waals surface area (Å²) in [6.45, 7) is 0.512. The van der Waals surface area contributed by atoms with Gasteiger partial charge in [-0.15, -0.1) is 0 Å². The fourth-order valence-electron chi connectivity index (χ4n) is 1.58. The van der Waals surface area contributed by atoms with Crippen molar-refractivity contribution in [2.45, 2.75) is 25.7 Å². The smallest absolute Gasteiger partial charge is 0.224 e. The highest BCUT2D eigenvalue weighted by molar-refractivity contribution is 5.78. The van der Waals surface area contributed by atoms with Crippen LogP contribution in [0.3, 0.4) is 0 Å². The van der Waals surface area contributed by atoms with E-state index in [4.69, 9.17) is 5.11 Å². The molecule has 6 heteroatoms. The Morgan fingerprint density at radius 1 is 1.11 bits per heavy atom. The lowest BCUT2D eigenvalue weighted by molar-refractivity contribution is -0.120. The van der Waals surface area contributed by atoms with Gasteiger partial charge in [0.1, 0.15) is 0 Å². The molecule has 0 saturated carbocycles. The van der Waals surface area contributed by atoms with E-state index in [2.05, 4.69) is 5.32 Å². The molecule has 0 aromatic heterocycles. The first-order valence-corrected chi connectivity index (χ1v) is 6.06. The highest BCUT2D eigenvalue weighted by atomic mass is 19.2. The van der Waals surface area contributed by atoms with E-state index in [-0.39, 0.29) is 18.6 Å². The molecular formula is C13H16F3NO2. The number of aliphatic hydroxyl groups is 1. The maximum atomic E-state index is 13.3. The van der Waals surface area contributed by atoms with Crippen LogP contribution in [-0.4, -0.2) is 24.2 Å². The third-order valence-corrected chi connectivity index (χ3v) is 2.62. The molecule has 0 unspecified atom stereocenters. The summed E-state index contributed by atoms with van der Waals surface area (Å²) >= 11 is 0. The third-order valence-electron chi connectivity index (χ3n) is 2.62. The van der Waals surface area contributed by atoms with E-state index >= 15 is 0 Å². The first-order valence-electron chi connectivity index (χ1n) is 6.06. The van der Waals surface area contributed by atoms with E-state index in [1.807, 2.05) is 0 Å². The maximum Gasteiger partial charge on any atom is 0.224 e. The zero-order valence-corrected chi connectivity index (χ0v) is 10.4. The van der Waals surface area contributed by atoms with Gasteiger partial charge in [-0.05, 0) is 25.3 Å². The summed E-state index contributed by atoms with van der Waals surface area (Å²) in [6.07, 6.45) is 1.81. The van der Waals surface area contributed by atoms with Crippen molar-refractivity contribution in [2.75, 3.05) is 13.2 Å². The highest BCUT2D eigenvalue weighted by Gasteiger charge is 2.15. The second kappa shape index (κ2) is 7.78. The van der Waals surface area contributed by atoms with Crippen LogP contribution < -0.4 is 5.32 Å². The molecule has 0 bridgehead atoms. The van der Waals surface area contributed by atoms with Crippen LogP contribution in [-0.2, 0) is 11.2 Å². The van der Waals surface area contributed by atoms with Gasteiger partial charge < -0.3 is 10.4 Å². The van der Waals surface area contributed by atoms with Crippen molar-refractivity contribution in [2.24, 2.45) is 0 Å². The van der Waals surface area contributed by atoms with Crippen molar-refractivity contribution in [3.63, 3.8) is 0 Å². The first kappa shape index (κ1) is 15.5. The normalized spacial score (nSPS) is 10.5. The first-order chi connectivity index (χ1) is 9.06. The summed E-state index contributed by atoms with van der Waals surface area (Å²) < 4.78 is 38.9. The molecule has 1 aromatic carbocycles. The van der Waals surface area contributed by atoms with E-state index in [1.165, 1.54) is 0 Å². The molecule has 0 fully saturated rings. The molecule has 0 radical (unpaired) electrons. The number of carbonyl (C=O) groups excluding carboxylic acids is 1. The van der Waals surface area contributed by atoms with Gasteiger partial charge in [-0.2, -0.15) is 0 Å². The number of rotatable bonds is 7. The van der Waals surface area contributed by atoms with Crippen molar-refractivity contribution in [3.8, 4) is 0 Å². The van der Waals surface area contributed by atoms with Crippen molar-refractivity contribution < 1.29 is 23.1 Å². The number of halogens is 3. The van der Waals surface area contributed by atoms with Crippen LogP contribution in [0.4, 0.5) is 13.2 Å². The van der Waals surface area contributed by atoms with Crippen LogP contribution in [0.25, 0.3) is 0 Å². The molecule has 0 aliphatic heterocycles. The fourth-order valence-corrected chi connectivity index (χ4v) is 1.58. The quantitative estimate of drug-likeness (QED) is 0.590. The molecule has 106 valence electrons. The molecule has 0 spiro atoms. The molecule has 2 N–H and O–H groups in total. The van der Waals surface area contributed by atoms with Crippen molar-refractivity contribution in [1.29, 1.82) is 0 Å². The van der Waals surface area contributed by atoms with Crippen molar-refractivity contribution in [1.82, 2.24) is 5.32 Å². The summed E-state index contributed by atoms with van der Waals surface area (Å²) in [6, 6.07) is 1.85. The maximum absolute atomic E-state index is 13.3. The molecule has 1 rings (SSSR count). The van der Waals surface area contributed by atoms with E-state index < -0.39 is 23.4 Å². The summed E-state index contributed by atoms with van der Waals surface area (Å²) in [5.41, 5.74) is -0.174. The standard InChI is InChI=1S/C13H16F3NO2/c14-10-5-4-9(12(15)13(10)16)8-11(19)17-6-2-1-3-7-18/h4-5,18H,1-3,6-8H2,(H,17,19). The lowest BCUT2D eigenvalue weighted by Crippen LogP contribution is -2.26. The third kappa shape index (κ3) is 4.90. The molecule has 0 aliphatic rings. The number of hydrogen-bond acceptors (Lipinski definition) is 2. The van der Waals surface area contributed by atoms with Crippen molar-refractivity contribution >= 4 is 5.91 Å². The van der Waals surface area contributed by atoms with E-state index in [0.717, 1.165) is 18.6 Å². The zero-order valence-electron chi connectivity index (χ0n) is 10.4. The number of nitrogens with one attached hydrogen (secondary N) is 1. The van der Waals surface area contributed by atoms with Gasteiger partial charge in [0.15, 0.2) is 17.5 Å². The average molecular weight is 275 g/mol. The minimum Gasteiger partial charge on any atom is -0.396 e. The minimum absolute atomic E-state index is 0.105. The second-order valence-corrected chi connectivity index (χ2v) is 4.15. The van der Waals surface area contributed by atoms with Gasteiger partial charge in [0.25, 0.3) is 0 Å². The molecule has 0 heterocycles. The predicted molar refractivity (Wildman–Crippen MR) is 64.0 cm³/mol. The lowest BCUT2D eigenvalue weighted by atomic mass is 10.1. The highest BCUT2D eigenvalue weighted by Crippen LogP contribution is 2.15. The van der Waals surface area contributed by atoms with Crippen LogP contribution in [0.2, 0.25) is 0 Å². The number of aliphatic hydroxyl groups excluding tert-OH is 1. The topological polar surface area (TPSA) is 49.3 Å². The number of benzene rings is 1. The molecule has 0 atom stereocenters. The van der Waals surface area contributed by atoms with Crippen LogP contribution in [0.5, 0.6) is 0 Å². The Bertz CT molecular complexity index is 438. The Morgan fingerprint density at radius 2 is 1.84 bits per heavy atom. The Labute approximate surface area is 109 Å². The largest absolute Gasteiger partial charge is 0.396 e. The Morgan fingerprint density at radius 3 is 2.53 bits per heavy atom. The number of hydrogen-bond donors (Lipinski definition) is 2. The Balaban J connectivity index is 2.42. The van der Waals surface area contributed by atoms with Crippen LogP contribution in [0.1, 0.15) is 24.8 Å². The van der Waals surface area contributed by atoms with Gasteiger partial charge in [-0.1, -0.05) is 6.07 Å². The molecule has 19 heavy (non-hydrogen) atoms. The van der Waals surface area contributed by atoms with Gasteiger partial charge in [-0.25, -0.2) is 13.2 Å². The minimum atomic E-state index is -1.56. The predicted octanol–water partition coefficient (Wildman–Crippen LogP) is 1.93. The molecule has 0 saturated heterocycles. The molecule has 0 aliphatic carbocycles. The second-order valence-electron chi connectivity index (χ2n) is 4.15. The van der Waals surface area contributed by atoms with Crippen LogP contribution in [0.15, 0.2) is 12.1 Å². The molecule has 3 nitrogen and oxygen atoms in total. The fraction of sp³-hybridized carbons (Fsp3) is 0.462. The lowest BCUT2D eigenvalue weighted by Gasteiger charge is -2.06. The monoisotopic (exact) mass is 275 g/mol.